The number of nitrogens with one attached hydrogen (secondary N) is 1. The van der Waals surface area contributed by atoms with E-state index in [2.05, 4.69) is 113 Å². The first-order valence-electron chi connectivity index (χ1n) is 15.0. The van der Waals surface area contributed by atoms with Crippen molar-refractivity contribution in [2.75, 3.05) is 5.32 Å². The summed E-state index contributed by atoms with van der Waals surface area (Å²) >= 11 is 5.43. The number of nitrogens with zero attached hydrogens (tertiary/aromatic N) is 2. The van der Waals surface area contributed by atoms with E-state index >= 15 is 0 Å². The Labute approximate surface area is 260 Å². The van der Waals surface area contributed by atoms with E-state index < -0.39 is 0 Å². The summed E-state index contributed by atoms with van der Waals surface area (Å²) in [5, 5.41) is 15.0. The molecule has 224 valence electrons. The zero-order valence-electron chi connectivity index (χ0n) is 26.4. The molecule has 1 aliphatic heterocycles. The fourth-order valence-corrected chi connectivity index (χ4v) is 6.84. The molecule has 0 radical (unpaired) electrons. The minimum atomic E-state index is -0.292. The van der Waals surface area contributed by atoms with Crippen LogP contribution in [0.3, 0.4) is 0 Å². The molecule has 0 bridgehead atoms. The molecule has 1 unspecified atom stereocenters. The van der Waals surface area contributed by atoms with Crippen LogP contribution in [0.2, 0.25) is 0 Å². The van der Waals surface area contributed by atoms with Crippen LogP contribution in [0.5, 0.6) is 5.88 Å². The third kappa shape index (κ3) is 5.27. The Morgan fingerprint density at radius 1 is 1.12 bits per heavy atom. The maximum absolute atomic E-state index is 13.7. The lowest BCUT2D eigenvalue weighted by molar-refractivity contribution is 0.413. The van der Waals surface area contributed by atoms with Gasteiger partial charge in [-0.05, 0) is 83.5 Å². The molecule has 3 aromatic rings. The average molecular weight is 594 g/mol. The van der Waals surface area contributed by atoms with Crippen LogP contribution < -0.4 is 10.9 Å². The predicted octanol–water partition coefficient (Wildman–Crippen LogP) is 8.19. The van der Waals surface area contributed by atoms with E-state index in [1.165, 1.54) is 31.5 Å². The van der Waals surface area contributed by atoms with Gasteiger partial charge in [0.1, 0.15) is 5.56 Å². The van der Waals surface area contributed by atoms with Crippen molar-refractivity contribution in [1.82, 2.24) is 9.13 Å². The van der Waals surface area contributed by atoms with Gasteiger partial charge in [0.2, 0.25) is 5.88 Å². The molecule has 5 nitrogen and oxygen atoms in total. The number of aromatic nitrogens is 2. The molecular formula is C37H43N3O2S. The predicted molar refractivity (Wildman–Crippen MR) is 181 cm³/mol. The van der Waals surface area contributed by atoms with E-state index in [0.29, 0.717) is 5.56 Å². The lowest BCUT2D eigenvalue weighted by Gasteiger charge is -2.28. The second kappa shape index (κ2) is 11.3. The number of para-hydroxylation sites is 1. The summed E-state index contributed by atoms with van der Waals surface area (Å²) in [6, 6.07) is 17.1. The molecular weight excluding hydrogens is 550 g/mol. The molecule has 2 N–H and O–H groups in total. The van der Waals surface area contributed by atoms with Gasteiger partial charge in [0.15, 0.2) is 4.77 Å². The van der Waals surface area contributed by atoms with Crippen LogP contribution in [0.1, 0.15) is 69.2 Å². The maximum atomic E-state index is 13.7. The van der Waals surface area contributed by atoms with Crippen molar-refractivity contribution >= 4 is 23.5 Å². The summed E-state index contributed by atoms with van der Waals surface area (Å²) in [6.45, 7) is 15.5. The van der Waals surface area contributed by atoms with Crippen molar-refractivity contribution in [2.45, 2.75) is 70.8 Å². The smallest absolute Gasteiger partial charge is 0.265 e. The van der Waals surface area contributed by atoms with Gasteiger partial charge in [-0.25, -0.2) is 0 Å². The van der Waals surface area contributed by atoms with Crippen LogP contribution in [0, 0.1) is 11.7 Å². The van der Waals surface area contributed by atoms with Crippen molar-refractivity contribution in [3.63, 3.8) is 0 Å². The van der Waals surface area contributed by atoms with Gasteiger partial charge >= 0.3 is 0 Å². The van der Waals surface area contributed by atoms with E-state index in [1.54, 1.807) is 14.1 Å². The molecule has 0 spiro atoms. The highest BCUT2D eigenvalue weighted by molar-refractivity contribution is 7.71. The molecule has 0 saturated heterocycles. The molecule has 0 amide bonds. The number of fused-ring (bicyclic) bond motifs is 1. The van der Waals surface area contributed by atoms with Crippen molar-refractivity contribution in [2.24, 2.45) is 14.1 Å². The van der Waals surface area contributed by atoms with Crippen molar-refractivity contribution in [3.8, 4) is 5.88 Å². The molecule has 6 heteroatoms. The quantitative estimate of drug-likeness (QED) is 0.214. The Morgan fingerprint density at radius 3 is 2.49 bits per heavy atom. The summed E-state index contributed by atoms with van der Waals surface area (Å²) in [7, 11) is 3.36. The number of allylic oxidation sites excluding steroid dienone is 6. The lowest BCUT2D eigenvalue weighted by Crippen LogP contribution is -2.32. The first-order valence-corrected chi connectivity index (χ1v) is 15.4. The van der Waals surface area contributed by atoms with Crippen LogP contribution in [0.15, 0.2) is 94.9 Å². The van der Waals surface area contributed by atoms with Crippen LogP contribution in [0.4, 0.5) is 5.69 Å². The lowest BCUT2D eigenvalue weighted by atomic mass is 9.76. The summed E-state index contributed by atoms with van der Waals surface area (Å²) in [5.74, 6) is -0.104. The highest BCUT2D eigenvalue weighted by atomic mass is 32.1. The molecule has 1 atom stereocenters. The third-order valence-electron chi connectivity index (χ3n) is 9.72. The zero-order valence-corrected chi connectivity index (χ0v) is 27.2. The van der Waals surface area contributed by atoms with Crippen LogP contribution in [-0.4, -0.2) is 20.3 Å². The standard InChI is InChI=1S/C37H43N3O2S/c1-23-13-9-10-14-27(23)36(3,4)24(2)17-18-25-19-20-26(31(25)32-33(41)39(7)35(43)40(8)34(32)42)21-22-30-37(5,6)28-15-11-12-16-29(28)38-30/h9-18,21,30,38,41H,2,19-20,22H2,1,3-8H3/b18-17+,26-21+. The van der Waals surface area contributed by atoms with Crippen LogP contribution >= 0.6 is 12.2 Å². The second-order valence-electron chi connectivity index (χ2n) is 13.0. The topological polar surface area (TPSA) is 59.2 Å². The number of anilines is 1. The van der Waals surface area contributed by atoms with Gasteiger partial charge < -0.3 is 10.4 Å². The normalized spacial score (nSPS) is 18.9. The first kappa shape index (κ1) is 30.6. The van der Waals surface area contributed by atoms with E-state index in [-0.39, 0.29) is 33.1 Å². The molecule has 1 aromatic heterocycles. The number of aryl methyl sites for hydroxylation is 1. The maximum Gasteiger partial charge on any atom is 0.265 e. The van der Waals surface area contributed by atoms with E-state index in [1.807, 2.05) is 0 Å². The molecule has 43 heavy (non-hydrogen) atoms. The Hall–Kier alpha value is -3.90. The third-order valence-corrected chi connectivity index (χ3v) is 10.3. The highest BCUT2D eigenvalue weighted by Crippen LogP contribution is 2.45. The minimum absolute atomic E-state index is 0.0492. The van der Waals surface area contributed by atoms with Gasteiger partial charge in [-0.15, -0.1) is 0 Å². The SMILES string of the molecule is C=C(/C=C/C1=C(c2c(O)n(C)c(=S)n(C)c2=O)C(=C/CC2Nc3ccccc3C2(C)C)/CC1)C(C)(C)c1ccccc1C. The van der Waals surface area contributed by atoms with E-state index in [4.69, 9.17) is 12.2 Å². The molecule has 5 rings (SSSR count). The molecule has 1 aliphatic carbocycles. The van der Waals surface area contributed by atoms with Crippen molar-refractivity contribution < 1.29 is 5.11 Å². The molecule has 0 saturated carbocycles. The number of hydrogen-bond donors (Lipinski definition) is 2. The minimum Gasteiger partial charge on any atom is -0.494 e. The summed E-state index contributed by atoms with van der Waals surface area (Å²) < 4.78 is 3.22. The van der Waals surface area contributed by atoms with Crippen molar-refractivity contribution in [1.29, 1.82) is 0 Å². The summed E-state index contributed by atoms with van der Waals surface area (Å²) in [4.78, 5) is 13.7. The number of benzene rings is 2. The van der Waals surface area contributed by atoms with Gasteiger partial charge in [-0.3, -0.25) is 13.9 Å². The number of hydrogen-bond acceptors (Lipinski definition) is 4. The molecule has 2 aliphatic rings. The Morgan fingerprint density at radius 2 is 1.79 bits per heavy atom. The summed E-state index contributed by atoms with van der Waals surface area (Å²) in [6.07, 6.45) is 8.76. The van der Waals surface area contributed by atoms with Gasteiger partial charge in [0.05, 0.1) is 0 Å². The largest absolute Gasteiger partial charge is 0.494 e. The zero-order chi connectivity index (χ0) is 31.3. The van der Waals surface area contributed by atoms with Gasteiger partial charge in [-0.1, -0.05) is 95.0 Å². The highest BCUT2D eigenvalue weighted by Gasteiger charge is 2.38. The Bertz CT molecular complexity index is 1830. The Balaban J connectivity index is 1.58. The number of aromatic hydroxyl groups is 1. The molecule has 2 heterocycles. The van der Waals surface area contributed by atoms with Gasteiger partial charge in [0, 0.05) is 36.7 Å². The van der Waals surface area contributed by atoms with Gasteiger partial charge in [0.25, 0.3) is 5.56 Å². The second-order valence-corrected chi connectivity index (χ2v) is 13.4. The molecule has 0 fully saturated rings. The molecule has 2 aromatic carbocycles. The van der Waals surface area contributed by atoms with Gasteiger partial charge in [-0.2, -0.15) is 0 Å². The van der Waals surface area contributed by atoms with E-state index in [9.17, 15) is 9.90 Å². The number of rotatable bonds is 7. The fraction of sp³-hybridized carbons (Fsp3) is 0.351. The Kier molecular flexibility index (Phi) is 8.03. The van der Waals surface area contributed by atoms with Crippen LogP contribution in [0.25, 0.3) is 5.57 Å². The first-order chi connectivity index (χ1) is 20.3. The van der Waals surface area contributed by atoms with Crippen LogP contribution in [-0.2, 0) is 24.9 Å². The summed E-state index contributed by atoms with van der Waals surface area (Å²) in [5.41, 5.74) is 8.50. The monoisotopic (exact) mass is 593 g/mol. The average Bonchev–Trinajstić information content (AvgIpc) is 3.49. The van der Waals surface area contributed by atoms with Crippen molar-refractivity contribution in [3.05, 3.63) is 127 Å². The van der Waals surface area contributed by atoms with E-state index in [0.717, 1.165) is 41.6 Å². The fourth-order valence-electron chi connectivity index (χ4n) is 6.67.